The molecule has 0 saturated carbocycles. The van der Waals surface area contributed by atoms with Crippen LogP contribution in [0, 0.1) is 0 Å². The highest BCUT2D eigenvalue weighted by Crippen LogP contribution is 1.74. The molecule has 0 heterocycles. The van der Waals surface area contributed by atoms with Crippen molar-refractivity contribution in [3.63, 3.8) is 0 Å². The molecule has 4 heteroatoms. The van der Waals surface area contributed by atoms with Gasteiger partial charge in [-0.15, -0.1) is 0 Å². The lowest BCUT2D eigenvalue weighted by molar-refractivity contribution is -0.143. The van der Waals surface area contributed by atoms with E-state index in [1.54, 1.807) is 7.05 Å². The third-order valence-electron chi connectivity index (χ3n) is 0.635. The van der Waals surface area contributed by atoms with Crippen LogP contribution in [0.1, 0.15) is 6.92 Å². The molecule has 4 nitrogen and oxygen atoms in total. The van der Waals surface area contributed by atoms with Crippen molar-refractivity contribution in [2.75, 3.05) is 20.3 Å². The first kappa shape index (κ1) is 8.39. The number of hydrogen-bond acceptors (Lipinski definition) is 4. The second-order valence-electron chi connectivity index (χ2n) is 1.39. The molecule has 0 spiro atoms. The fraction of sp³-hybridized carbons (Fsp3) is 0.800. The molecular weight excluding hydrogens is 122 g/mol. The minimum Gasteiger partial charge on any atom is -0.463 e. The van der Waals surface area contributed by atoms with Crippen LogP contribution in [0.3, 0.4) is 0 Å². The highest BCUT2D eigenvalue weighted by atomic mass is 16.7. The van der Waals surface area contributed by atoms with Crippen LogP contribution in [-0.2, 0) is 14.4 Å². The van der Waals surface area contributed by atoms with Gasteiger partial charge in [-0.25, -0.2) is 5.48 Å². The fourth-order valence-electron chi connectivity index (χ4n) is 0.329. The van der Waals surface area contributed by atoms with Crippen molar-refractivity contribution in [1.29, 1.82) is 0 Å². The van der Waals surface area contributed by atoms with Crippen molar-refractivity contribution in [2.45, 2.75) is 6.92 Å². The van der Waals surface area contributed by atoms with E-state index in [0.717, 1.165) is 0 Å². The SMILES string of the molecule is CNOCCOC(C)=O. The maximum Gasteiger partial charge on any atom is 0.302 e. The van der Waals surface area contributed by atoms with E-state index in [1.165, 1.54) is 6.92 Å². The monoisotopic (exact) mass is 133 g/mol. The van der Waals surface area contributed by atoms with E-state index in [0.29, 0.717) is 13.2 Å². The summed E-state index contributed by atoms with van der Waals surface area (Å²) in [6.45, 7) is 2.05. The minimum absolute atomic E-state index is 0.283. The molecule has 0 saturated heterocycles. The van der Waals surface area contributed by atoms with Gasteiger partial charge in [0, 0.05) is 14.0 Å². The zero-order valence-corrected chi connectivity index (χ0v) is 5.64. The number of nitrogens with one attached hydrogen (secondary N) is 1. The van der Waals surface area contributed by atoms with Crippen LogP contribution in [-0.4, -0.2) is 26.2 Å². The van der Waals surface area contributed by atoms with E-state index in [2.05, 4.69) is 15.1 Å². The molecule has 0 aromatic carbocycles. The molecule has 1 N–H and O–H groups in total. The average Bonchev–Trinajstić information content (AvgIpc) is 1.80. The number of hydrogen-bond donors (Lipinski definition) is 1. The zero-order chi connectivity index (χ0) is 7.11. The molecule has 0 rings (SSSR count). The summed E-state index contributed by atoms with van der Waals surface area (Å²) < 4.78 is 4.54. The Morgan fingerprint density at radius 2 is 2.22 bits per heavy atom. The Kier molecular flexibility index (Phi) is 5.15. The molecule has 0 amide bonds. The Morgan fingerprint density at radius 1 is 1.56 bits per heavy atom. The quantitative estimate of drug-likeness (QED) is 0.325. The second kappa shape index (κ2) is 5.53. The van der Waals surface area contributed by atoms with Gasteiger partial charge in [0.15, 0.2) is 0 Å². The van der Waals surface area contributed by atoms with Crippen LogP contribution in [0.15, 0.2) is 0 Å². The van der Waals surface area contributed by atoms with E-state index in [9.17, 15) is 4.79 Å². The van der Waals surface area contributed by atoms with Gasteiger partial charge in [0.05, 0.1) is 0 Å². The van der Waals surface area contributed by atoms with Crippen LogP contribution in [0.25, 0.3) is 0 Å². The molecule has 9 heavy (non-hydrogen) atoms. The maximum atomic E-state index is 10.1. The van der Waals surface area contributed by atoms with E-state index in [4.69, 9.17) is 0 Å². The van der Waals surface area contributed by atoms with E-state index < -0.39 is 0 Å². The van der Waals surface area contributed by atoms with Gasteiger partial charge < -0.3 is 4.74 Å². The Morgan fingerprint density at radius 3 is 2.67 bits per heavy atom. The molecule has 0 radical (unpaired) electrons. The summed E-state index contributed by atoms with van der Waals surface area (Å²) in [6, 6.07) is 0. The topological polar surface area (TPSA) is 47.6 Å². The third kappa shape index (κ3) is 7.39. The Bertz CT molecular complexity index is 84.3. The molecule has 0 bridgehead atoms. The average molecular weight is 133 g/mol. The number of carbonyl (C=O) groups excluding carboxylic acids is 1. The van der Waals surface area contributed by atoms with Crippen LogP contribution in [0.5, 0.6) is 0 Å². The number of rotatable bonds is 4. The van der Waals surface area contributed by atoms with Crippen molar-refractivity contribution in [2.24, 2.45) is 0 Å². The number of esters is 1. The van der Waals surface area contributed by atoms with Gasteiger partial charge in [-0.1, -0.05) is 0 Å². The number of ether oxygens (including phenoxy) is 1. The van der Waals surface area contributed by atoms with Gasteiger partial charge in [0.2, 0.25) is 0 Å². The van der Waals surface area contributed by atoms with Crippen LogP contribution in [0.4, 0.5) is 0 Å². The van der Waals surface area contributed by atoms with Crippen molar-refractivity contribution in [1.82, 2.24) is 5.48 Å². The summed E-state index contributed by atoms with van der Waals surface area (Å²) in [5, 5.41) is 0. The lowest BCUT2D eigenvalue weighted by Gasteiger charge is -2.00. The zero-order valence-electron chi connectivity index (χ0n) is 5.64. The third-order valence-corrected chi connectivity index (χ3v) is 0.635. The number of hydroxylamine groups is 1. The summed E-state index contributed by atoms with van der Waals surface area (Å²) >= 11 is 0. The first-order valence-electron chi connectivity index (χ1n) is 2.69. The highest BCUT2D eigenvalue weighted by Gasteiger charge is 1.89. The largest absolute Gasteiger partial charge is 0.463 e. The van der Waals surface area contributed by atoms with Crippen molar-refractivity contribution in [3.8, 4) is 0 Å². The molecule has 0 fully saturated rings. The van der Waals surface area contributed by atoms with Crippen molar-refractivity contribution in [3.05, 3.63) is 0 Å². The molecule has 0 atom stereocenters. The minimum atomic E-state index is -0.283. The van der Waals surface area contributed by atoms with E-state index in [-0.39, 0.29) is 5.97 Å². The fourth-order valence-corrected chi connectivity index (χ4v) is 0.329. The lowest BCUT2D eigenvalue weighted by atomic mass is 10.7. The van der Waals surface area contributed by atoms with Crippen molar-refractivity contribution < 1.29 is 14.4 Å². The van der Waals surface area contributed by atoms with Gasteiger partial charge in [0.1, 0.15) is 13.2 Å². The molecule has 54 valence electrons. The van der Waals surface area contributed by atoms with Crippen LogP contribution in [0.2, 0.25) is 0 Å². The molecule has 0 unspecified atom stereocenters. The molecule has 0 aliphatic heterocycles. The molecule has 0 aliphatic carbocycles. The lowest BCUT2D eigenvalue weighted by Crippen LogP contribution is -2.14. The molecule has 0 aliphatic rings. The second-order valence-corrected chi connectivity index (χ2v) is 1.39. The van der Waals surface area contributed by atoms with Gasteiger partial charge in [-0.05, 0) is 0 Å². The number of carbonyl (C=O) groups is 1. The Balaban J connectivity index is 2.83. The summed E-state index contributed by atoms with van der Waals surface area (Å²) in [5.74, 6) is -0.283. The van der Waals surface area contributed by atoms with Gasteiger partial charge in [-0.3, -0.25) is 9.63 Å². The normalized spacial score (nSPS) is 9.11. The molecule has 0 aromatic heterocycles. The Hall–Kier alpha value is -0.610. The predicted molar refractivity (Wildman–Crippen MR) is 31.6 cm³/mol. The Labute approximate surface area is 54.1 Å². The van der Waals surface area contributed by atoms with Crippen LogP contribution < -0.4 is 5.48 Å². The summed E-state index contributed by atoms with van der Waals surface area (Å²) in [4.78, 5) is 14.8. The molecular formula is C5H11NO3. The van der Waals surface area contributed by atoms with E-state index in [1.807, 2.05) is 0 Å². The van der Waals surface area contributed by atoms with E-state index >= 15 is 0 Å². The standard InChI is InChI=1S/C5H11NO3/c1-5(7)8-3-4-9-6-2/h6H,3-4H2,1-2H3. The summed E-state index contributed by atoms with van der Waals surface area (Å²) in [6.07, 6.45) is 0. The van der Waals surface area contributed by atoms with Gasteiger partial charge in [0.25, 0.3) is 0 Å². The summed E-state index contributed by atoms with van der Waals surface area (Å²) in [5.41, 5.74) is 2.45. The van der Waals surface area contributed by atoms with Gasteiger partial charge in [-0.2, -0.15) is 0 Å². The predicted octanol–water partition coefficient (Wildman–Crippen LogP) is -0.300. The first-order valence-corrected chi connectivity index (χ1v) is 2.69. The smallest absolute Gasteiger partial charge is 0.302 e. The highest BCUT2D eigenvalue weighted by molar-refractivity contribution is 5.65. The van der Waals surface area contributed by atoms with Crippen molar-refractivity contribution >= 4 is 5.97 Å². The maximum absolute atomic E-state index is 10.1. The van der Waals surface area contributed by atoms with Crippen LogP contribution >= 0.6 is 0 Å². The molecule has 0 aromatic rings. The first-order chi connectivity index (χ1) is 4.27. The summed E-state index contributed by atoms with van der Waals surface area (Å²) in [7, 11) is 1.65. The van der Waals surface area contributed by atoms with Gasteiger partial charge >= 0.3 is 5.97 Å².